The van der Waals surface area contributed by atoms with E-state index in [4.69, 9.17) is 0 Å². The van der Waals surface area contributed by atoms with Crippen molar-refractivity contribution in [3.05, 3.63) is 0 Å². The molecule has 2 fully saturated rings. The van der Waals surface area contributed by atoms with Gasteiger partial charge in [-0.15, -0.1) is 12.4 Å². The summed E-state index contributed by atoms with van der Waals surface area (Å²) in [4.78, 5) is 14.4. The van der Waals surface area contributed by atoms with Crippen molar-refractivity contribution in [3.63, 3.8) is 0 Å². The summed E-state index contributed by atoms with van der Waals surface area (Å²) >= 11 is 0. The molecule has 1 amide bonds. The zero-order valence-corrected chi connectivity index (χ0v) is 11.6. The fourth-order valence-corrected chi connectivity index (χ4v) is 2.56. The summed E-state index contributed by atoms with van der Waals surface area (Å²) in [6.07, 6.45) is 6.72. The van der Waals surface area contributed by atoms with E-state index in [1.54, 1.807) is 0 Å². The summed E-state index contributed by atoms with van der Waals surface area (Å²) in [5.41, 5.74) is 0. The third kappa shape index (κ3) is 4.47. The fourth-order valence-electron chi connectivity index (χ4n) is 2.56. The number of nitrogens with zero attached hydrogens (tertiary/aromatic N) is 1. The van der Waals surface area contributed by atoms with Gasteiger partial charge < -0.3 is 10.2 Å². The number of amides is 1. The largest absolute Gasteiger partial charge is 0.340 e. The number of hydrogen-bond donors (Lipinski definition) is 1. The normalized spacial score (nSPS) is 20.8. The average Bonchev–Trinajstić information content (AvgIpc) is 3.11. The van der Waals surface area contributed by atoms with E-state index in [2.05, 4.69) is 17.1 Å². The van der Waals surface area contributed by atoms with Crippen LogP contribution in [0.2, 0.25) is 0 Å². The Balaban J connectivity index is 0.00000144. The highest BCUT2D eigenvalue weighted by atomic mass is 35.5. The van der Waals surface area contributed by atoms with Crippen LogP contribution < -0.4 is 5.32 Å². The molecule has 100 valence electrons. The molecule has 1 N–H and O–H groups in total. The first-order valence-corrected chi connectivity index (χ1v) is 6.81. The van der Waals surface area contributed by atoms with Crippen LogP contribution in [0.1, 0.15) is 45.4 Å². The van der Waals surface area contributed by atoms with Gasteiger partial charge in [0.05, 0.1) is 0 Å². The third-order valence-electron chi connectivity index (χ3n) is 3.69. The lowest BCUT2D eigenvalue weighted by atomic mass is 10.0. The standard InChI is InChI=1S/C13H24N2O.ClH/c1-2-9-15(12-5-7-14-8-6-12)13(16)10-11-3-4-11;/h11-12,14H,2-10H2,1H3;1H. The smallest absolute Gasteiger partial charge is 0.223 e. The summed E-state index contributed by atoms with van der Waals surface area (Å²) < 4.78 is 0. The monoisotopic (exact) mass is 260 g/mol. The van der Waals surface area contributed by atoms with E-state index >= 15 is 0 Å². The predicted octanol–water partition coefficient (Wildman–Crippen LogP) is 2.20. The minimum Gasteiger partial charge on any atom is -0.340 e. The topological polar surface area (TPSA) is 32.3 Å². The van der Waals surface area contributed by atoms with Crippen molar-refractivity contribution in [2.75, 3.05) is 19.6 Å². The molecule has 0 aromatic rings. The Hall–Kier alpha value is -0.280. The second kappa shape index (κ2) is 7.22. The van der Waals surface area contributed by atoms with Crippen LogP contribution in [0.3, 0.4) is 0 Å². The summed E-state index contributed by atoms with van der Waals surface area (Å²) in [5, 5.41) is 3.37. The lowest BCUT2D eigenvalue weighted by Gasteiger charge is -2.34. The fraction of sp³-hybridized carbons (Fsp3) is 0.923. The van der Waals surface area contributed by atoms with E-state index < -0.39 is 0 Å². The molecule has 4 heteroatoms. The van der Waals surface area contributed by atoms with E-state index in [0.717, 1.165) is 45.3 Å². The van der Waals surface area contributed by atoms with Crippen molar-refractivity contribution in [3.8, 4) is 0 Å². The molecule has 17 heavy (non-hydrogen) atoms. The molecule has 1 aliphatic heterocycles. The Morgan fingerprint density at radius 3 is 2.41 bits per heavy atom. The molecular formula is C13H25ClN2O. The Morgan fingerprint density at radius 1 is 1.24 bits per heavy atom. The highest BCUT2D eigenvalue weighted by molar-refractivity contribution is 5.85. The number of carbonyl (C=O) groups is 1. The van der Waals surface area contributed by atoms with Gasteiger partial charge in [-0.05, 0) is 51.1 Å². The molecule has 1 aliphatic carbocycles. The van der Waals surface area contributed by atoms with Crippen LogP contribution in [0.25, 0.3) is 0 Å². The second-order valence-electron chi connectivity index (χ2n) is 5.22. The molecule has 0 aromatic heterocycles. The molecule has 0 radical (unpaired) electrons. The molecule has 2 aliphatic rings. The highest BCUT2D eigenvalue weighted by Gasteiger charge is 2.30. The van der Waals surface area contributed by atoms with Gasteiger partial charge in [0, 0.05) is 19.0 Å². The van der Waals surface area contributed by atoms with Crippen molar-refractivity contribution in [1.82, 2.24) is 10.2 Å². The quantitative estimate of drug-likeness (QED) is 0.822. The number of nitrogens with one attached hydrogen (secondary N) is 1. The second-order valence-corrected chi connectivity index (χ2v) is 5.22. The number of carbonyl (C=O) groups excluding carboxylic acids is 1. The van der Waals surface area contributed by atoms with Gasteiger partial charge in [-0.2, -0.15) is 0 Å². The molecule has 0 bridgehead atoms. The summed E-state index contributed by atoms with van der Waals surface area (Å²) in [7, 11) is 0. The van der Waals surface area contributed by atoms with Crippen LogP contribution >= 0.6 is 12.4 Å². The van der Waals surface area contributed by atoms with Gasteiger partial charge in [-0.1, -0.05) is 6.92 Å². The van der Waals surface area contributed by atoms with Gasteiger partial charge in [0.15, 0.2) is 0 Å². The maximum atomic E-state index is 12.2. The molecule has 0 aromatic carbocycles. The van der Waals surface area contributed by atoms with Crippen LogP contribution in [0.15, 0.2) is 0 Å². The van der Waals surface area contributed by atoms with Gasteiger partial charge in [0.25, 0.3) is 0 Å². The van der Waals surface area contributed by atoms with Crippen LogP contribution in [-0.4, -0.2) is 36.5 Å². The van der Waals surface area contributed by atoms with Crippen molar-refractivity contribution < 1.29 is 4.79 Å². The minimum atomic E-state index is 0. The van der Waals surface area contributed by atoms with Crippen molar-refractivity contribution in [1.29, 1.82) is 0 Å². The van der Waals surface area contributed by atoms with Gasteiger partial charge in [-0.25, -0.2) is 0 Å². The van der Waals surface area contributed by atoms with E-state index in [1.807, 2.05) is 0 Å². The Morgan fingerprint density at radius 2 is 1.88 bits per heavy atom. The molecule has 0 spiro atoms. The maximum Gasteiger partial charge on any atom is 0.223 e. The Kier molecular flexibility index (Phi) is 6.28. The zero-order valence-electron chi connectivity index (χ0n) is 10.8. The van der Waals surface area contributed by atoms with Crippen LogP contribution in [-0.2, 0) is 4.79 Å². The first kappa shape index (κ1) is 14.8. The van der Waals surface area contributed by atoms with Crippen molar-refractivity contribution >= 4 is 18.3 Å². The zero-order chi connectivity index (χ0) is 11.4. The van der Waals surface area contributed by atoms with E-state index in [1.165, 1.54) is 12.8 Å². The summed E-state index contributed by atoms with van der Waals surface area (Å²) in [5.74, 6) is 1.13. The number of rotatable bonds is 5. The number of halogens is 1. The molecule has 1 saturated carbocycles. The van der Waals surface area contributed by atoms with Crippen LogP contribution in [0.5, 0.6) is 0 Å². The molecule has 2 rings (SSSR count). The summed E-state index contributed by atoms with van der Waals surface area (Å²) in [6.45, 7) is 5.26. The van der Waals surface area contributed by atoms with Gasteiger partial charge in [0.2, 0.25) is 5.91 Å². The first-order valence-electron chi connectivity index (χ1n) is 6.81. The van der Waals surface area contributed by atoms with Crippen molar-refractivity contribution in [2.45, 2.75) is 51.5 Å². The van der Waals surface area contributed by atoms with Crippen molar-refractivity contribution in [2.24, 2.45) is 5.92 Å². The third-order valence-corrected chi connectivity index (χ3v) is 3.69. The molecule has 0 atom stereocenters. The molecule has 1 saturated heterocycles. The van der Waals surface area contributed by atoms with E-state index in [9.17, 15) is 4.79 Å². The van der Waals surface area contributed by atoms with Crippen LogP contribution in [0, 0.1) is 5.92 Å². The molecule has 1 heterocycles. The number of piperidine rings is 1. The van der Waals surface area contributed by atoms with E-state index in [0.29, 0.717) is 17.9 Å². The molecule has 3 nitrogen and oxygen atoms in total. The predicted molar refractivity (Wildman–Crippen MR) is 72.5 cm³/mol. The van der Waals surface area contributed by atoms with Gasteiger partial charge in [-0.3, -0.25) is 4.79 Å². The van der Waals surface area contributed by atoms with Gasteiger partial charge in [0.1, 0.15) is 0 Å². The maximum absolute atomic E-state index is 12.2. The molecular weight excluding hydrogens is 236 g/mol. The molecule has 0 unspecified atom stereocenters. The van der Waals surface area contributed by atoms with Gasteiger partial charge >= 0.3 is 0 Å². The number of hydrogen-bond acceptors (Lipinski definition) is 2. The lowest BCUT2D eigenvalue weighted by Crippen LogP contribution is -2.46. The SMILES string of the molecule is CCCN(C(=O)CC1CC1)C1CCNCC1.Cl. The first-order chi connectivity index (χ1) is 7.81. The lowest BCUT2D eigenvalue weighted by molar-refractivity contribution is -0.134. The Labute approximate surface area is 111 Å². The highest BCUT2D eigenvalue weighted by Crippen LogP contribution is 2.33. The minimum absolute atomic E-state index is 0. The van der Waals surface area contributed by atoms with E-state index in [-0.39, 0.29) is 12.4 Å². The Bertz CT molecular complexity index is 238. The average molecular weight is 261 g/mol. The van der Waals surface area contributed by atoms with Crippen LogP contribution in [0.4, 0.5) is 0 Å². The summed E-state index contributed by atoms with van der Waals surface area (Å²) in [6, 6.07) is 0.507.